The van der Waals surface area contributed by atoms with Gasteiger partial charge in [0.2, 0.25) is 5.88 Å². The van der Waals surface area contributed by atoms with Crippen LogP contribution in [-0.2, 0) is 10.0 Å². The number of nitrogens with one attached hydrogen (secondary N) is 2. The molecule has 1 aromatic carbocycles. The highest BCUT2D eigenvalue weighted by Gasteiger charge is 2.20. The minimum atomic E-state index is -4.06. The number of aromatic nitrogens is 1. The molecule has 2 amide bonds. The average molecular weight is 433 g/mol. The molecule has 0 aliphatic heterocycles. The van der Waals surface area contributed by atoms with E-state index in [9.17, 15) is 18.0 Å². The molecule has 0 unspecified atom stereocenters. The van der Waals surface area contributed by atoms with Crippen molar-refractivity contribution in [2.75, 3.05) is 7.11 Å². The summed E-state index contributed by atoms with van der Waals surface area (Å²) in [5.74, 6) is -0.345. The molecule has 0 atom stereocenters. The third-order valence-corrected chi connectivity index (χ3v) is 6.07. The van der Waals surface area contributed by atoms with Crippen LogP contribution in [0, 0.1) is 0 Å². The van der Waals surface area contributed by atoms with Crippen molar-refractivity contribution in [3.8, 4) is 11.6 Å². The van der Waals surface area contributed by atoms with Crippen molar-refractivity contribution in [2.45, 2.75) is 43.0 Å². The van der Waals surface area contributed by atoms with E-state index in [0.29, 0.717) is 5.75 Å². The normalized spacial score (nSPS) is 14.6. The first-order valence-electron chi connectivity index (χ1n) is 9.53. The number of pyridine rings is 1. The largest absolute Gasteiger partial charge is 0.497 e. The predicted octanol–water partition coefficient (Wildman–Crippen LogP) is 2.63. The lowest BCUT2D eigenvalue weighted by Gasteiger charge is -2.22. The number of hydrogen-bond acceptors (Lipinski definition) is 7. The van der Waals surface area contributed by atoms with Gasteiger partial charge in [0.25, 0.3) is 15.9 Å². The SMILES string of the molecule is COc1ccc(S(=O)(=O)NC(=O)c2ccc(OC(=O)NC3CCCCC3)nc2)cc1. The van der Waals surface area contributed by atoms with Crippen LogP contribution in [0.1, 0.15) is 42.5 Å². The summed E-state index contributed by atoms with van der Waals surface area (Å²) in [6.45, 7) is 0. The first-order chi connectivity index (χ1) is 14.4. The van der Waals surface area contributed by atoms with Gasteiger partial charge in [0.1, 0.15) is 5.75 Å². The molecule has 1 saturated carbocycles. The Bertz CT molecular complexity index is 984. The van der Waals surface area contributed by atoms with Crippen LogP contribution in [0.2, 0.25) is 0 Å². The standard InChI is InChI=1S/C20H23N3O6S/c1-28-16-8-10-17(11-9-16)30(26,27)23-19(24)14-7-12-18(21-13-14)29-20(25)22-15-5-3-2-4-6-15/h7-13,15H,2-6H2,1H3,(H,22,25)(H,23,24). The Kier molecular flexibility index (Phi) is 6.88. The minimum Gasteiger partial charge on any atom is -0.497 e. The molecule has 0 bridgehead atoms. The van der Waals surface area contributed by atoms with Crippen LogP contribution in [0.5, 0.6) is 11.6 Å². The summed E-state index contributed by atoms with van der Waals surface area (Å²) in [4.78, 5) is 28.1. The number of nitrogens with zero attached hydrogens (tertiary/aromatic N) is 1. The van der Waals surface area contributed by atoms with Crippen LogP contribution in [0.15, 0.2) is 47.5 Å². The van der Waals surface area contributed by atoms with Crippen LogP contribution in [0.4, 0.5) is 4.79 Å². The Morgan fingerprint density at radius 1 is 1.03 bits per heavy atom. The number of benzene rings is 1. The number of hydrogen-bond donors (Lipinski definition) is 2. The molecule has 3 rings (SSSR count). The summed E-state index contributed by atoms with van der Waals surface area (Å²) in [5.41, 5.74) is 0.00660. The fraction of sp³-hybridized carbons (Fsp3) is 0.350. The molecule has 9 nitrogen and oxygen atoms in total. The van der Waals surface area contributed by atoms with Gasteiger partial charge in [-0.3, -0.25) is 4.79 Å². The second-order valence-corrected chi connectivity index (χ2v) is 8.55. The van der Waals surface area contributed by atoms with Gasteiger partial charge in [-0.2, -0.15) is 0 Å². The van der Waals surface area contributed by atoms with Crippen molar-refractivity contribution < 1.29 is 27.5 Å². The molecule has 0 radical (unpaired) electrons. The number of ether oxygens (including phenoxy) is 2. The Balaban J connectivity index is 1.58. The number of sulfonamides is 1. The minimum absolute atomic E-state index is 0.00660. The molecule has 2 aromatic rings. The predicted molar refractivity (Wildman–Crippen MR) is 108 cm³/mol. The summed E-state index contributed by atoms with van der Waals surface area (Å²) in [6.07, 6.45) is 5.70. The molecule has 1 heterocycles. The van der Waals surface area contributed by atoms with Crippen molar-refractivity contribution in [2.24, 2.45) is 0 Å². The highest BCUT2D eigenvalue weighted by molar-refractivity contribution is 7.90. The highest BCUT2D eigenvalue weighted by atomic mass is 32.2. The highest BCUT2D eigenvalue weighted by Crippen LogP contribution is 2.18. The van der Waals surface area contributed by atoms with Gasteiger partial charge in [0.05, 0.1) is 17.6 Å². The van der Waals surface area contributed by atoms with Crippen molar-refractivity contribution in [1.29, 1.82) is 0 Å². The van der Waals surface area contributed by atoms with Crippen LogP contribution in [-0.4, -0.2) is 38.6 Å². The molecule has 0 spiro atoms. The summed E-state index contributed by atoms with van der Waals surface area (Å²) < 4.78 is 36.8. The van der Waals surface area contributed by atoms with Gasteiger partial charge in [-0.15, -0.1) is 0 Å². The Labute approximate surface area is 174 Å². The van der Waals surface area contributed by atoms with E-state index in [4.69, 9.17) is 9.47 Å². The average Bonchev–Trinajstić information content (AvgIpc) is 2.74. The third-order valence-electron chi connectivity index (χ3n) is 4.72. The summed E-state index contributed by atoms with van der Waals surface area (Å²) in [6, 6.07) is 8.36. The summed E-state index contributed by atoms with van der Waals surface area (Å²) >= 11 is 0. The molecule has 160 valence electrons. The number of amides is 2. The first kappa shape index (κ1) is 21.6. The first-order valence-corrected chi connectivity index (χ1v) is 11.0. The number of carbonyl (C=O) groups is 2. The lowest BCUT2D eigenvalue weighted by atomic mass is 9.96. The van der Waals surface area contributed by atoms with E-state index in [1.807, 2.05) is 4.72 Å². The molecule has 0 saturated heterocycles. The van der Waals surface area contributed by atoms with Gasteiger partial charge in [0.15, 0.2) is 0 Å². The number of carbonyl (C=O) groups excluding carboxylic acids is 2. The van der Waals surface area contributed by atoms with Crippen molar-refractivity contribution in [3.05, 3.63) is 48.2 Å². The van der Waals surface area contributed by atoms with Crippen molar-refractivity contribution >= 4 is 22.0 Å². The molecule has 30 heavy (non-hydrogen) atoms. The molecule has 1 fully saturated rings. The van der Waals surface area contributed by atoms with Gasteiger partial charge < -0.3 is 14.8 Å². The maximum atomic E-state index is 12.3. The quantitative estimate of drug-likeness (QED) is 0.718. The summed E-state index contributed by atoms with van der Waals surface area (Å²) in [7, 11) is -2.59. The zero-order valence-electron chi connectivity index (χ0n) is 16.5. The van der Waals surface area contributed by atoms with Gasteiger partial charge in [-0.25, -0.2) is 22.9 Å². The van der Waals surface area contributed by atoms with E-state index < -0.39 is 22.0 Å². The fourth-order valence-electron chi connectivity index (χ4n) is 3.11. The maximum absolute atomic E-state index is 12.3. The molecular weight excluding hydrogens is 410 g/mol. The second-order valence-electron chi connectivity index (χ2n) is 6.86. The molecule has 2 N–H and O–H groups in total. The number of methoxy groups -OCH3 is 1. The van der Waals surface area contributed by atoms with Crippen LogP contribution >= 0.6 is 0 Å². The Hall–Kier alpha value is -3.14. The fourth-order valence-corrected chi connectivity index (χ4v) is 4.08. The van der Waals surface area contributed by atoms with E-state index in [2.05, 4.69) is 10.3 Å². The van der Waals surface area contributed by atoms with Gasteiger partial charge in [-0.05, 0) is 43.2 Å². The zero-order chi connectivity index (χ0) is 21.6. The lowest BCUT2D eigenvalue weighted by molar-refractivity contribution is 0.0981. The van der Waals surface area contributed by atoms with Crippen LogP contribution < -0.4 is 19.5 Å². The van der Waals surface area contributed by atoms with E-state index in [1.165, 1.54) is 49.9 Å². The van der Waals surface area contributed by atoms with Crippen molar-refractivity contribution in [1.82, 2.24) is 15.0 Å². The van der Waals surface area contributed by atoms with Crippen molar-refractivity contribution in [3.63, 3.8) is 0 Å². The van der Waals surface area contributed by atoms with Gasteiger partial charge >= 0.3 is 6.09 Å². The molecule has 1 aliphatic rings. The van der Waals surface area contributed by atoms with Gasteiger partial charge in [0, 0.05) is 18.3 Å². The molecule has 1 aliphatic carbocycles. The third kappa shape index (κ3) is 5.69. The molecule has 1 aromatic heterocycles. The zero-order valence-corrected chi connectivity index (χ0v) is 17.3. The Morgan fingerprint density at radius 2 is 1.73 bits per heavy atom. The van der Waals surface area contributed by atoms with Gasteiger partial charge in [-0.1, -0.05) is 19.3 Å². The van der Waals surface area contributed by atoms with E-state index in [1.54, 1.807) is 0 Å². The number of rotatable bonds is 6. The smallest absolute Gasteiger partial charge is 0.414 e. The lowest BCUT2D eigenvalue weighted by Crippen LogP contribution is -2.38. The molecule has 10 heteroatoms. The second kappa shape index (κ2) is 9.57. The summed E-state index contributed by atoms with van der Waals surface area (Å²) in [5, 5.41) is 2.79. The topological polar surface area (TPSA) is 124 Å². The van der Waals surface area contributed by atoms with Crippen LogP contribution in [0.3, 0.4) is 0 Å². The van der Waals surface area contributed by atoms with E-state index in [0.717, 1.165) is 31.9 Å². The van der Waals surface area contributed by atoms with E-state index in [-0.39, 0.29) is 22.4 Å². The Morgan fingerprint density at radius 3 is 2.33 bits per heavy atom. The monoisotopic (exact) mass is 433 g/mol. The van der Waals surface area contributed by atoms with E-state index >= 15 is 0 Å². The maximum Gasteiger partial charge on any atom is 0.414 e. The molecular formula is C20H23N3O6S. The van der Waals surface area contributed by atoms with Crippen LogP contribution in [0.25, 0.3) is 0 Å².